The number of likely N-dealkylation sites (tertiary alicyclic amines) is 1. The lowest BCUT2D eigenvalue weighted by Gasteiger charge is -2.18. The molecule has 0 bridgehead atoms. The number of carboxylic acids is 1. The first-order chi connectivity index (χ1) is 10.7. The van der Waals surface area contributed by atoms with Crippen molar-refractivity contribution in [3.05, 3.63) is 29.8 Å². The zero-order valence-electron chi connectivity index (χ0n) is 11.8. The Morgan fingerprint density at radius 1 is 1.26 bits per heavy atom. The summed E-state index contributed by atoms with van der Waals surface area (Å²) < 4.78 is 66.9. The van der Waals surface area contributed by atoms with Gasteiger partial charge in [-0.3, -0.25) is 9.69 Å². The monoisotopic (exact) mass is 339 g/mol. The quantitative estimate of drug-likeness (QED) is 0.838. The molecule has 1 aromatic carbocycles. The van der Waals surface area contributed by atoms with E-state index in [1.807, 2.05) is 0 Å². The van der Waals surface area contributed by atoms with E-state index in [-0.39, 0.29) is 18.8 Å². The number of alkyl halides is 5. The molecule has 9 heteroatoms. The van der Waals surface area contributed by atoms with Gasteiger partial charge in [0.15, 0.2) is 0 Å². The molecule has 0 spiro atoms. The highest BCUT2D eigenvalue weighted by molar-refractivity contribution is 5.71. The summed E-state index contributed by atoms with van der Waals surface area (Å²) in [5.41, 5.74) is 0.582. The zero-order valence-corrected chi connectivity index (χ0v) is 11.8. The first kappa shape index (κ1) is 17.5. The van der Waals surface area contributed by atoms with Crippen molar-refractivity contribution in [3.63, 3.8) is 0 Å². The van der Waals surface area contributed by atoms with Crippen molar-refractivity contribution in [2.45, 2.75) is 19.3 Å². The summed E-state index contributed by atoms with van der Waals surface area (Å²) >= 11 is 0. The number of ether oxygens (including phenoxy) is 1. The minimum absolute atomic E-state index is 0.0539. The van der Waals surface area contributed by atoms with Gasteiger partial charge in [-0.25, -0.2) is 0 Å². The van der Waals surface area contributed by atoms with Gasteiger partial charge in [0.1, 0.15) is 5.75 Å². The molecule has 1 aliphatic rings. The Balaban J connectivity index is 2.02. The van der Waals surface area contributed by atoms with Crippen LogP contribution < -0.4 is 4.74 Å². The minimum Gasteiger partial charge on any atom is -0.481 e. The topological polar surface area (TPSA) is 49.8 Å². The maximum Gasteiger partial charge on any atom is 0.393 e. The fraction of sp³-hybridized carbons (Fsp3) is 0.500. The Hall–Kier alpha value is -1.90. The minimum atomic E-state index is -4.58. The van der Waals surface area contributed by atoms with Crippen LogP contribution in [0.25, 0.3) is 0 Å². The molecule has 0 aliphatic carbocycles. The van der Waals surface area contributed by atoms with Gasteiger partial charge < -0.3 is 9.84 Å². The average molecular weight is 339 g/mol. The maximum atomic E-state index is 12.9. The molecule has 1 fully saturated rings. The van der Waals surface area contributed by atoms with E-state index in [9.17, 15) is 26.7 Å². The lowest BCUT2D eigenvalue weighted by molar-refractivity contribution is -0.188. The molecule has 2 rings (SSSR count). The number of carbonyl (C=O) groups is 1. The molecule has 0 unspecified atom stereocenters. The van der Waals surface area contributed by atoms with Gasteiger partial charge in [0, 0.05) is 19.6 Å². The van der Waals surface area contributed by atoms with Crippen molar-refractivity contribution in [3.8, 4) is 5.75 Å². The van der Waals surface area contributed by atoms with Crippen LogP contribution in [0.5, 0.6) is 5.75 Å². The Morgan fingerprint density at radius 3 is 2.30 bits per heavy atom. The molecule has 0 saturated carbocycles. The SMILES string of the molecule is O=C(O)[C@@H]1CN(Cc2ccc(OC(F)F)cc2)C[C@H]1C(F)(F)F. The van der Waals surface area contributed by atoms with E-state index in [0.717, 1.165) is 0 Å². The molecular formula is C14H14F5NO3. The van der Waals surface area contributed by atoms with Gasteiger partial charge in [0.2, 0.25) is 0 Å². The lowest BCUT2D eigenvalue weighted by atomic mass is 9.96. The van der Waals surface area contributed by atoms with E-state index in [2.05, 4.69) is 4.74 Å². The standard InChI is InChI=1S/C14H14F5NO3/c15-13(16)23-9-3-1-8(2-4-9)5-20-6-10(12(21)22)11(7-20)14(17,18)19/h1-4,10-11,13H,5-7H2,(H,21,22)/t10-,11-/m1/s1. The maximum absolute atomic E-state index is 12.9. The third kappa shape index (κ3) is 4.54. The molecule has 1 saturated heterocycles. The number of carboxylic acid groups (broad SMARTS) is 1. The second kappa shape index (κ2) is 6.69. The van der Waals surface area contributed by atoms with Crippen LogP contribution in [0.3, 0.4) is 0 Å². The number of nitrogens with zero attached hydrogens (tertiary/aromatic N) is 1. The number of benzene rings is 1. The smallest absolute Gasteiger partial charge is 0.393 e. The molecule has 1 aromatic rings. The summed E-state index contributed by atoms with van der Waals surface area (Å²) in [6, 6.07) is 5.48. The number of hydrogen-bond acceptors (Lipinski definition) is 3. The Morgan fingerprint density at radius 2 is 1.87 bits per heavy atom. The third-order valence-corrected chi connectivity index (χ3v) is 3.69. The zero-order chi connectivity index (χ0) is 17.2. The van der Waals surface area contributed by atoms with E-state index < -0.39 is 37.1 Å². The van der Waals surface area contributed by atoms with Crippen LogP contribution in [0.2, 0.25) is 0 Å². The van der Waals surface area contributed by atoms with Gasteiger partial charge >= 0.3 is 18.8 Å². The molecule has 0 amide bonds. The van der Waals surface area contributed by atoms with Gasteiger partial charge in [-0.1, -0.05) is 12.1 Å². The van der Waals surface area contributed by atoms with Gasteiger partial charge in [0.05, 0.1) is 11.8 Å². The summed E-state index contributed by atoms with van der Waals surface area (Å²) in [4.78, 5) is 12.4. The Bertz CT molecular complexity index is 546. The van der Waals surface area contributed by atoms with Crippen LogP contribution in [0, 0.1) is 11.8 Å². The summed E-state index contributed by atoms with van der Waals surface area (Å²) in [6.07, 6.45) is -4.58. The van der Waals surface area contributed by atoms with E-state index in [4.69, 9.17) is 5.11 Å². The predicted octanol–water partition coefficient (Wildman–Crippen LogP) is 2.98. The molecular weight excluding hydrogens is 325 g/mol. The van der Waals surface area contributed by atoms with E-state index in [1.54, 1.807) is 0 Å². The summed E-state index contributed by atoms with van der Waals surface area (Å²) in [5, 5.41) is 8.94. The fourth-order valence-electron chi connectivity index (χ4n) is 2.63. The average Bonchev–Trinajstić information content (AvgIpc) is 2.84. The molecule has 1 aliphatic heterocycles. The molecule has 1 heterocycles. The van der Waals surface area contributed by atoms with Gasteiger partial charge in [-0.2, -0.15) is 22.0 Å². The van der Waals surface area contributed by atoms with Crippen molar-refractivity contribution in [1.29, 1.82) is 0 Å². The molecule has 128 valence electrons. The van der Waals surface area contributed by atoms with Crippen LogP contribution in [0.15, 0.2) is 24.3 Å². The van der Waals surface area contributed by atoms with Crippen molar-refractivity contribution >= 4 is 5.97 Å². The number of rotatable bonds is 5. The predicted molar refractivity (Wildman–Crippen MR) is 69.0 cm³/mol. The summed E-state index contributed by atoms with van der Waals surface area (Å²) in [6.45, 7) is -3.47. The van der Waals surface area contributed by atoms with Gasteiger partial charge in [0.25, 0.3) is 0 Å². The van der Waals surface area contributed by atoms with E-state index in [1.165, 1.54) is 29.2 Å². The molecule has 2 atom stereocenters. The fourth-order valence-corrected chi connectivity index (χ4v) is 2.63. The first-order valence-electron chi connectivity index (χ1n) is 6.72. The largest absolute Gasteiger partial charge is 0.481 e. The van der Waals surface area contributed by atoms with Crippen molar-refractivity contribution in [2.75, 3.05) is 13.1 Å². The van der Waals surface area contributed by atoms with Crippen molar-refractivity contribution in [2.24, 2.45) is 11.8 Å². The van der Waals surface area contributed by atoms with Crippen molar-refractivity contribution in [1.82, 2.24) is 4.90 Å². The molecule has 0 aromatic heterocycles. The van der Waals surface area contributed by atoms with E-state index >= 15 is 0 Å². The van der Waals surface area contributed by atoms with Gasteiger partial charge in [-0.15, -0.1) is 0 Å². The normalized spacial score (nSPS) is 22.5. The Kier molecular flexibility index (Phi) is 5.08. The molecule has 1 N–H and O–H groups in total. The highest BCUT2D eigenvalue weighted by atomic mass is 19.4. The van der Waals surface area contributed by atoms with Crippen LogP contribution >= 0.6 is 0 Å². The van der Waals surface area contributed by atoms with Crippen LogP contribution in [0.4, 0.5) is 22.0 Å². The highest BCUT2D eigenvalue weighted by Gasteiger charge is 2.52. The number of aliphatic carboxylic acids is 1. The summed E-state index contributed by atoms with van der Waals surface area (Å²) in [5.74, 6) is -4.95. The molecule has 4 nitrogen and oxygen atoms in total. The summed E-state index contributed by atoms with van der Waals surface area (Å²) in [7, 11) is 0. The van der Waals surface area contributed by atoms with Crippen LogP contribution in [-0.2, 0) is 11.3 Å². The molecule has 0 radical (unpaired) electrons. The second-order valence-corrected chi connectivity index (χ2v) is 5.31. The van der Waals surface area contributed by atoms with E-state index in [0.29, 0.717) is 5.56 Å². The first-order valence-corrected chi connectivity index (χ1v) is 6.72. The number of halogens is 5. The lowest BCUT2D eigenvalue weighted by Crippen LogP contribution is -2.33. The number of hydrogen-bond donors (Lipinski definition) is 1. The second-order valence-electron chi connectivity index (χ2n) is 5.31. The van der Waals surface area contributed by atoms with Crippen LogP contribution in [-0.4, -0.2) is 41.9 Å². The van der Waals surface area contributed by atoms with Crippen LogP contribution in [0.1, 0.15) is 5.56 Å². The molecule has 23 heavy (non-hydrogen) atoms. The Labute approximate surface area is 128 Å². The highest BCUT2D eigenvalue weighted by Crippen LogP contribution is 2.38. The third-order valence-electron chi connectivity index (χ3n) is 3.69. The van der Waals surface area contributed by atoms with Crippen molar-refractivity contribution < 1.29 is 36.6 Å². The van der Waals surface area contributed by atoms with Gasteiger partial charge in [-0.05, 0) is 17.7 Å².